The van der Waals surface area contributed by atoms with E-state index in [1.807, 2.05) is 0 Å². The zero-order valence-electron chi connectivity index (χ0n) is 12.5. The molecule has 2 fully saturated rings. The van der Waals surface area contributed by atoms with Crippen molar-refractivity contribution < 1.29 is 4.74 Å². The second-order valence-corrected chi connectivity index (χ2v) is 6.58. The molecule has 3 heteroatoms. The Kier molecular flexibility index (Phi) is 5.05. The van der Waals surface area contributed by atoms with Gasteiger partial charge in [-0.25, -0.2) is 0 Å². The average Bonchev–Trinajstić information content (AvgIpc) is 3.12. The van der Waals surface area contributed by atoms with Crippen molar-refractivity contribution in [1.29, 1.82) is 0 Å². The molecule has 2 unspecified atom stereocenters. The van der Waals surface area contributed by atoms with E-state index < -0.39 is 0 Å². The predicted octanol–water partition coefficient (Wildman–Crippen LogP) is 2.12. The van der Waals surface area contributed by atoms with Crippen LogP contribution < -0.4 is 5.32 Å². The van der Waals surface area contributed by atoms with Gasteiger partial charge in [-0.3, -0.25) is 4.90 Å². The minimum absolute atomic E-state index is 0.355. The van der Waals surface area contributed by atoms with Crippen LogP contribution in [0.3, 0.4) is 0 Å². The Labute approximate surface area is 112 Å². The molecule has 18 heavy (non-hydrogen) atoms. The van der Waals surface area contributed by atoms with Crippen LogP contribution in [-0.4, -0.2) is 49.3 Å². The minimum atomic E-state index is 0.355. The quantitative estimate of drug-likeness (QED) is 0.786. The number of piperazine rings is 1. The van der Waals surface area contributed by atoms with Gasteiger partial charge in [-0.15, -0.1) is 0 Å². The molecule has 1 N–H and O–H groups in total. The van der Waals surface area contributed by atoms with E-state index in [0.29, 0.717) is 12.1 Å². The van der Waals surface area contributed by atoms with Crippen LogP contribution in [0.4, 0.5) is 0 Å². The second kappa shape index (κ2) is 6.36. The van der Waals surface area contributed by atoms with Gasteiger partial charge in [-0.05, 0) is 38.5 Å². The summed E-state index contributed by atoms with van der Waals surface area (Å²) in [5, 5.41) is 3.74. The Morgan fingerprint density at radius 1 is 1.22 bits per heavy atom. The number of ether oxygens (including phenoxy) is 1. The summed E-state index contributed by atoms with van der Waals surface area (Å²) in [5.41, 5.74) is 0. The molecule has 106 valence electrons. The molecule has 0 aromatic heterocycles. The van der Waals surface area contributed by atoms with Gasteiger partial charge in [0.1, 0.15) is 0 Å². The highest BCUT2D eigenvalue weighted by Crippen LogP contribution is 2.36. The molecule has 0 aromatic carbocycles. The largest absolute Gasteiger partial charge is 0.377 e. The van der Waals surface area contributed by atoms with E-state index in [-0.39, 0.29) is 0 Å². The Morgan fingerprint density at radius 3 is 2.50 bits per heavy atom. The van der Waals surface area contributed by atoms with Crippen LogP contribution in [0.1, 0.15) is 40.5 Å². The summed E-state index contributed by atoms with van der Waals surface area (Å²) in [6.07, 6.45) is 3.22. The fourth-order valence-corrected chi connectivity index (χ4v) is 2.91. The summed E-state index contributed by atoms with van der Waals surface area (Å²) in [4.78, 5) is 2.68. The van der Waals surface area contributed by atoms with Crippen LogP contribution in [0.25, 0.3) is 0 Å². The van der Waals surface area contributed by atoms with Crippen LogP contribution in [0.5, 0.6) is 0 Å². The molecule has 1 saturated carbocycles. The van der Waals surface area contributed by atoms with Crippen molar-refractivity contribution in [3.8, 4) is 0 Å². The Morgan fingerprint density at radius 2 is 1.94 bits per heavy atom. The molecule has 1 aliphatic heterocycles. The van der Waals surface area contributed by atoms with Gasteiger partial charge in [0.05, 0.1) is 12.7 Å². The highest BCUT2D eigenvalue weighted by molar-refractivity contribution is 4.95. The number of rotatable bonds is 6. The van der Waals surface area contributed by atoms with Crippen molar-refractivity contribution in [2.75, 3.05) is 26.2 Å². The molecule has 0 amide bonds. The van der Waals surface area contributed by atoms with Crippen LogP contribution >= 0.6 is 0 Å². The molecule has 2 rings (SSSR count). The first kappa shape index (κ1) is 14.3. The zero-order valence-corrected chi connectivity index (χ0v) is 12.5. The fourth-order valence-electron chi connectivity index (χ4n) is 2.91. The van der Waals surface area contributed by atoms with Gasteiger partial charge < -0.3 is 10.1 Å². The van der Waals surface area contributed by atoms with E-state index in [2.05, 4.69) is 37.9 Å². The maximum absolute atomic E-state index is 5.73. The Balaban J connectivity index is 1.83. The SMILES string of the molecule is CC(C)OCCN1CC(C(C)C)NCC1C1CC1. The maximum atomic E-state index is 5.73. The number of hydrogen-bond donors (Lipinski definition) is 1. The van der Waals surface area contributed by atoms with Crippen molar-refractivity contribution in [2.45, 2.75) is 58.7 Å². The number of nitrogens with one attached hydrogen (secondary N) is 1. The highest BCUT2D eigenvalue weighted by Gasteiger charge is 2.38. The molecule has 1 heterocycles. The van der Waals surface area contributed by atoms with Gasteiger partial charge in [-0.1, -0.05) is 13.8 Å². The Hall–Kier alpha value is -0.120. The van der Waals surface area contributed by atoms with E-state index in [1.165, 1.54) is 25.9 Å². The molecule has 0 radical (unpaired) electrons. The summed E-state index contributed by atoms with van der Waals surface area (Å²) in [6.45, 7) is 13.2. The van der Waals surface area contributed by atoms with Crippen molar-refractivity contribution in [3.63, 3.8) is 0 Å². The molecular weight excluding hydrogens is 224 g/mol. The first-order chi connectivity index (χ1) is 8.58. The average molecular weight is 254 g/mol. The molecule has 1 aliphatic carbocycles. The van der Waals surface area contributed by atoms with Crippen molar-refractivity contribution in [3.05, 3.63) is 0 Å². The lowest BCUT2D eigenvalue weighted by molar-refractivity contribution is 0.0282. The normalized spacial score (nSPS) is 30.3. The van der Waals surface area contributed by atoms with Gasteiger partial charge in [0.15, 0.2) is 0 Å². The van der Waals surface area contributed by atoms with E-state index in [4.69, 9.17) is 4.74 Å². The first-order valence-corrected chi connectivity index (χ1v) is 7.67. The summed E-state index contributed by atoms with van der Waals surface area (Å²) in [5.74, 6) is 1.67. The van der Waals surface area contributed by atoms with Gasteiger partial charge >= 0.3 is 0 Å². The van der Waals surface area contributed by atoms with Crippen molar-refractivity contribution in [1.82, 2.24) is 10.2 Å². The van der Waals surface area contributed by atoms with E-state index in [1.54, 1.807) is 0 Å². The van der Waals surface area contributed by atoms with Crippen LogP contribution in [0.15, 0.2) is 0 Å². The highest BCUT2D eigenvalue weighted by atomic mass is 16.5. The standard InChI is InChI=1S/C15H30N2O/c1-11(2)14-10-17(7-8-18-12(3)4)15(9-16-14)13-5-6-13/h11-16H,5-10H2,1-4H3. The summed E-state index contributed by atoms with van der Waals surface area (Å²) >= 11 is 0. The summed E-state index contributed by atoms with van der Waals surface area (Å²) in [6, 6.07) is 1.41. The Bertz CT molecular complexity index is 251. The molecular formula is C15H30N2O. The van der Waals surface area contributed by atoms with E-state index >= 15 is 0 Å². The molecule has 0 spiro atoms. The van der Waals surface area contributed by atoms with Crippen LogP contribution in [-0.2, 0) is 4.74 Å². The lowest BCUT2D eigenvalue weighted by Crippen LogP contribution is -2.59. The van der Waals surface area contributed by atoms with Gasteiger partial charge in [0.2, 0.25) is 0 Å². The zero-order chi connectivity index (χ0) is 13.1. The topological polar surface area (TPSA) is 24.5 Å². The molecule has 1 saturated heterocycles. The summed E-state index contributed by atoms with van der Waals surface area (Å²) in [7, 11) is 0. The lowest BCUT2D eigenvalue weighted by atomic mass is 9.97. The van der Waals surface area contributed by atoms with Crippen LogP contribution in [0.2, 0.25) is 0 Å². The maximum Gasteiger partial charge on any atom is 0.0597 e. The lowest BCUT2D eigenvalue weighted by Gasteiger charge is -2.42. The number of hydrogen-bond acceptors (Lipinski definition) is 3. The van der Waals surface area contributed by atoms with E-state index in [0.717, 1.165) is 31.0 Å². The molecule has 2 atom stereocenters. The van der Waals surface area contributed by atoms with Crippen molar-refractivity contribution >= 4 is 0 Å². The molecule has 3 nitrogen and oxygen atoms in total. The van der Waals surface area contributed by atoms with Crippen LogP contribution in [0, 0.1) is 11.8 Å². The molecule has 0 aromatic rings. The third kappa shape index (κ3) is 3.94. The fraction of sp³-hybridized carbons (Fsp3) is 1.00. The van der Waals surface area contributed by atoms with E-state index in [9.17, 15) is 0 Å². The predicted molar refractivity (Wildman–Crippen MR) is 75.8 cm³/mol. The monoisotopic (exact) mass is 254 g/mol. The van der Waals surface area contributed by atoms with Gasteiger partial charge in [0.25, 0.3) is 0 Å². The van der Waals surface area contributed by atoms with Gasteiger partial charge in [-0.2, -0.15) is 0 Å². The third-order valence-corrected chi connectivity index (χ3v) is 4.29. The molecule has 2 aliphatic rings. The first-order valence-electron chi connectivity index (χ1n) is 7.67. The summed E-state index contributed by atoms with van der Waals surface area (Å²) < 4.78 is 5.73. The third-order valence-electron chi connectivity index (χ3n) is 4.29. The van der Waals surface area contributed by atoms with Crippen molar-refractivity contribution in [2.24, 2.45) is 11.8 Å². The molecule has 0 bridgehead atoms. The second-order valence-electron chi connectivity index (χ2n) is 6.58. The van der Waals surface area contributed by atoms with Gasteiger partial charge in [0, 0.05) is 31.7 Å². The number of nitrogens with zero attached hydrogens (tertiary/aromatic N) is 1. The minimum Gasteiger partial charge on any atom is -0.377 e. The smallest absolute Gasteiger partial charge is 0.0597 e.